The Labute approximate surface area is 98.0 Å². The van der Waals surface area contributed by atoms with E-state index < -0.39 is 22.7 Å². The lowest BCUT2D eigenvalue weighted by Crippen LogP contribution is -2.19. The molecule has 0 spiro atoms. The van der Waals surface area contributed by atoms with Crippen molar-refractivity contribution in [2.24, 2.45) is 0 Å². The van der Waals surface area contributed by atoms with Crippen molar-refractivity contribution in [2.75, 3.05) is 11.5 Å². The molecule has 2 unspecified atom stereocenters. The summed E-state index contributed by atoms with van der Waals surface area (Å²) in [7, 11) is -1.05. The predicted molar refractivity (Wildman–Crippen MR) is 65.0 cm³/mol. The van der Waals surface area contributed by atoms with Gasteiger partial charge >= 0.3 is 5.97 Å². The summed E-state index contributed by atoms with van der Waals surface area (Å²) in [6, 6.07) is 8.97. The molecule has 0 aromatic heterocycles. The van der Waals surface area contributed by atoms with Crippen molar-refractivity contribution in [3.05, 3.63) is 35.9 Å². The molecule has 0 amide bonds. The van der Waals surface area contributed by atoms with Gasteiger partial charge in [-0.1, -0.05) is 37.3 Å². The highest BCUT2D eigenvalue weighted by atomic mass is 32.2. The third kappa shape index (κ3) is 3.77. The number of hydrogen-bond acceptors (Lipinski definition) is 2. The van der Waals surface area contributed by atoms with Gasteiger partial charge in [-0.25, -0.2) is 0 Å². The highest BCUT2D eigenvalue weighted by molar-refractivity contribution is 7.85. The summed E-state index contributed by atoms with van der Waals surface area (Å²) in [5.41, 5.74) is 0.722. The summed E-state index contributed by atoms with van der Waals surface area (Å²) in [6.07, 6.45) is 0.813. The van der Waals surface area contributed by atoms with Gasteiger partial charge in [-0.05, 0) is 12.0 Å². The summed E-state index contributed by atoms with van der Waals surface area (Å²) >= 11 is 0. The first kappa shape index (κ1) is 12.9. The zero-order valence-corrected chi connectivity index (χ0v) is 10.1. The van der Waals surface area contributed by atoms with E-state index in [0.29, 0.717) is 5.75 Å². The van der Waals surface area contributed by atoms with E-state index in [2.05, 4.69) is 0 Å². The monoisotopic (exact) mass is 240 g/mol. The maximum Gasteiger partial charge on any atom is 0.311 e. The van der Waals surface area contributed by atoms with E-state index >= 15 is 0 Å². The van der Waals surface area contributed by atoms with E-state index in [1.807, 2.05) is 13.0 Å². The van der Waals surface area contributed by atoms with E-state index in [1.54, 1.807) is 24.3 Å². The van der Waals surface area contributed by atoms with Crippen LogP contribution in [0, 0.1) is 0 Å². The van der Waals surface area contributed by atoms with Crippen molar-refractivity contribution in [2.45, 2.75) is 19.3 Å². The van der Waals surface area contributed by atoms with Crippen LogP contribution in [0.4, 0.5) is 0 Å². The second kappa shape index (κ2) is 6.43. The predicted octanol–water partition coefficient (Wildman–Crippen LogP) is 2.01. The maximum absolute atomic E-state index is 11.6. The summed E-state index contributed by atoms with van der Waals surface area (Å²) in [5.74, 6) is -0.798. The number of hydrogen-bond donors (Lipinski definition) is 1. The van der Waals surface area contributed by atoms with E-state index in [4.69, 9.17) is 5.11 Å². The minimum atomic E-state index is -1.05. The fourth-order valence-corrected chi connectivity index (χ4v) is 2.82. The Morgan fingerprint density at radius 1 is 1.38 bits per heavy atom. The van der Waals surface area contributed by atoms with E-state index in [9.17, 15) is 9.00 Å². The van der Waals surface area contributed by atoms with Crippen LogP contribution in [0.25, 0.3) is 0 Å². The number of aliphatic carboxylic acids is 1. The van der Waals surface area contributed by atoms with Crippen molar-refractivity contribution < 1.29 is 14.1 Å². The minimum absolute atomic E-state index is 0.202. The normalized spacial score (nSPS) is 14.3. The maximum atomic E-state index is 11.6. The van der Waals surface area contributed by atoms with Gasteiger partial charge in [-0.3, -0.25) is 9.00 Å². The van der Waals surface area contributed by atoms with Crippen molar-refractivity contribution in [3.8, 4) is 0 Å². The summed E-state index contributed by atoms with van der Waals surface area (Å²) in [5, 5.41) is 9.11. The lowest BCUT2D eigenvalue weighted by Gasteiger charge is -2.11. The van der Waals surface area contributed by atoms with Crippen LogP contribution in [0.5, 0.6) is 0 Å². The lowest BCUT2D eigenvalue weighted by molar-refractivity contribution is -0.138. The first-order valence-corrected chi connectivity index (χ1v) is 6.76. The SMILES string of the molecule is CCCS(=O)CC(C(=O)O)c1ccccc1. The van der Waals surface area contributed by atoms with Crippen molar-refractivity contribution >= 4 is 16.8 Å². The van der Waals surface area contributed by atoms with Gasteiger partial charge < -0.3 is 5.11 Å². The molecule has 0 saturated carbocycles. The van der Waals surface area contributed by atoms with Crippen molar-refractivity contribution in [1.29, 1.82) is 0 Å². The number of benzene rings is 1. The molecular formula is C12H16O3S. The van der Waals surface area contributed by atoms with Gasteiger partial charge in [0, 0.05) is 22.3 Å². The van der Waals surface area contributed by atoms with Gasteiger partial charge in [0.25, 0.3) is 0 Å². The van der Waals surface area contributed by atoms with Crippen LogP contribution in [0.3, 0.4) is 0 Å². The molecule has 0 aliphatic carbocycles. The molecule has 3 nitrogen and oxygen atoms in total. The molecule has 0 bridgehead atoms. The quantitative estimate of drug-likeness (QED) is 0.827. The van der Waals surface area contributed by atoms with Crippen LogP contribution in [0.2, 0.25) is 0 Å². The van der Waals surface area contributed by atoms with Gasteiger partial charge in [-0.15, -0.1) is 0 Å². The summed E-state index contributed by atoms with van der Waals surface area (Å²) in [6.45, 7) is 1.94. The van der Waals surface area contributed by atoms with Crippen LogP contribution in [0.15, 0.2) is 30.3 Å². The molecule has 0 fully saturated rings. The van der Waals surface area contributed by atoms with Gasteiger partial charge in [-0.2, -0.15) is 0 Å². The molecule has 0 radical (unpaired) electrons. The zero-order chi connectivity index (χ0) is 12.0. The second-order valence-corrected chi connectivity index (χ2v) is 5.23. The molecule has 16 heavy (non-hydrogen) atoms. The molecule has 1 aromatic carbocycles. The average Bonchev–Trinajstić information content (AvgIpc) is 2.27. The Balaban J connectivity index is 2.77. The molecule has 0 heterocycles. The van der Waals surface area contributed by atoms with Crippen LogP contribution in [0.1, 0.15) is 24.8 Å². The van der Waals surface area contributed by atoms with E-state index in [0.717, 1.165) is 12.0 Å². The molecule has 1 aromatic rings. The fraction of sp³-hybridized carbons (Fsp3) is 0.417. The number of carbonyl (C=O) groups is 1. The molecule has 88 valence electrons. The van der Waals surface area contributed by atoms with Gasteiger partial charge in [0.2, 0.25) is 0 Å². The zero-order valence-electron chi connectivity index (χ0n) is 9.26. The Kier molecular flexibility index (Phi) is 5.19. The molecule has 0 aliphatic rings. The van der Waals surface area contributed by atoms with Gasteiger partial charge in [0.1, 0.15) is 0 Å². The van der Waals surface area contributed by atoms with Crippen LogP contribution < -0.4 is 0 Å². The number of carboxylic acids is 1. The van der Waals surface area contributed by atoms with E-state index in [1.165, 1.54) is 0 Å². The molecule has 2 atom stereocenters. The second-order valence-electron chi connectivity index (χ2n) is 3.61. The largest absolute Gasteiger partial charge is 0.481 e. The first-order valence-electron chi connectivity index (χ1n) is 5.28. The number of carboxylic acid groups (broad SMARTS) is 1. The Morgan fingerprint density at radius 2 is 2.00 bits per heavy atom. The molecule has 0 saturated heterocycles. The van der Waals surface area contributed by atoms with Crippen molar-refractivity contribution in [1.82, 2.24) is 0 Å². The molecule has 1 rings (SSSR count). The van der Waals surface area contributed by atoms with Gasteiger partial charge in [0.05, 0.1) is 5.92 Å². The highest BCUT2D eigenvalue weighted by Gasteiger charge is 2.21. The average molecular weight is 240 g/mol. The lowest BCUT2D eigenvalue weighted by atomic mass is 10.0. The van der Waals surface area contributed by atoms with Crippen molar-refractivity contribution in [3.63, 3.8) is 0 Å². The molecule has 4 heteroatoms. The third-order valence-corrected chi connectivity index (χ3v) is 3.85. The Hall–Kier alpha value is -1.16. The van der Waals surface area contributed by atoms with E-state index in [-0.39, 0.29) is 5.75 Å². The molecule has 1 N–H and O–H groups in total. The third-order valence-electron chi connectivity index (χ3n) is 2.28. The highest BCUT2D eigenvalue weighted by Crippen LogP contribution is 2.17. The Bertz CT molecular complexity index is 362. The summed E-state index contributed by atoms with van der Waals surface area (Å²) < 4.78 is 11.6. The van der Waals surface area contributed by atoms with Crippen LogP contribution in [-0.4, -0.2) is 26.8 Å². The standard InChI is InChI=1S/C12H16O3S/c1-2-8-16(15)9-11(12(13)14)10-6-4-3-5-7-10/h3-7,11H,2,8-9H2,1H3,(H,13,14). The summed E-state index contributed by atoms with van der Waals surface area (Å²) in [4.78, 5) is 11.1. The topological polar surface area (TPSA) is 54.4 Å². The fourth-order valence-electron chi connectivity index (χ4n) is 1.49. The first-order chi connectivity index (χ1) is 7.65. The van der Waals surface area contributed by atoms with Gasteiger partial charge in [0.15, 0.2) is 0 Å². The molecule has 0 aliphatic heterocycles. The Morgan fingerprint density at radius 3 is 2.50 bits per heavy atom. The number of rotatable bonds is 6. The van der Waals surface area contributed by atoms with Crippen LogP contribution >= 0.6 is 0 Å². The molecular weight excluding hydrogens is 224 g/mol. The smallest absolute Gasteiger partial charge is 0.311 e. The van der Waals surface area contributed by atoms with Crippen LogP contribution in [-0.2, 0) is 15.6 Å². The minimum Gasteiger partial charge on any atom is -0.481 e.